The lowest BCUT2D eigenvalue weighted by Crippen LogP contribution is -2.17. The number of rotatable bonds is 4. The minimum Gasteiger partial charge on any atom is -0.476 e. The molecule has 0 aliphatic rings. The maximum atomic E-state index is 10.8. The molecule has 0 saturated carbocycles. The van der Waals surface area contributed by atoms with Gasteiger partial charge in [0, 0.05) is 12.2 Å². The van der Waals surface area contributed by atoms with Gasteiger partial charge < -0.3 is 9.52 Å². The molecule has 5 heteroatoms. The first-order chi connectivity index (χ1) is 8.63. The molecule has 1 aromatic carbocycles. The van der Waals surface area contributed by atoms with E-state index in [1.807, 2.05) is 43.0 Å². The summed E-state index contributed by atoms with van der Waals surface area (Å²) in [5, 5.41) is 8.84. The molecule has 0 aliphatic heterocycles. The van der Waals surface area contributed by atoms with Gasteiger partial charge in [0.05, 0.1) is 0 Å². The molecule has 0 atom stereocenters. The Morgan fingerprint density at radius 2 is 2.17 bits per heavy atom. The van der Waals surface area contributed by atoms with Crippen LogP contribution in [0, 0.1) is 6.92 Å². The second-order valence-corrected chi connectivity index (χ2v) is 3.85. The van der Waals surface area contributed by atoms with E-state index in [1.54, 1.807) is 0 Å². The third kappa shape index (κ3) is 2.20. The summed E-state index contributed by atoms with van der Waals surface area (Å²) in [6.45, 7) is 4.58. The molecule has 5 nitrogen and oxygen atoms in total. The predicted molar refractivity (Wildman–Crippen MR) is 67.3 cm³/mol. The van der Waals surface area contributed by atoms with Crippen molar-refractivity contribution in [2.24, 2.45) is 0 Å². The number of hydrogen-bond acceptors (Lipinski definition) is 4. The molecule has 2 aromatic rings. The number of aromatic carboxylic acids is 1. The molecule has 2 rings (SSSR count). The highest BCUT2D eigenvalue weighted by atomic mass is 16.4. The van der Waals surface area contributed by atoms with Crippen molar-refractivity contribution in [2.75, 3.05) is 11.4 Å². The van der Waals surface area contributed by atoms with E-state index in [0.717, 1.165) is 17.5 Å². The van der Waals surface area contributed by atoms with E-state index >= 15 is 0 Å². The minimum absolute atomic E-state index is 0.0861. The average molecular weight is 246 g/mol. The number of aryl methyl sites for hydroxylation is 1. The van der Waals surface area contributed by atoms with Crippen LogP contribution in [-0.2, 0) is 0 Å². The maximum absolute atomic E-state index is 10.8. The van der Waals surface area contributed by atoms with Crippen molar-refractivity contribution in [1.82, 2.24) is 4.98 Å². The predicted octanol–water partition coefficient (Wildman–Crippen LogP) is 2.84. The van der Waals surface area contributed by atoms with Crippen LogP contribution in [0.25, 0.3) is 0 Å². The summed E-state index contributed by atoms with van der Waals surface area (Å²) >= 11 is 0. The van der Waals surface area contributed by atoms with Crippen molar-refractivity contribution in [3.63, 3.8) is 0 Å². The molecular weight excluding hydrogens is 232 g/mol. The van der Waals surface area contributed by atoms with Crippen LogP contribution in [-0.4, -0.2) is 22.6 Å². The Hall–Kier alpha value is -2.30. The highest BCUT2D eigenvalue weighted by molar-refractivity contribution is 5.85. The zero-order valence-electron chi connectivity index (χ0n) is 10.3. The van der Waals surface area contributed by atoms with Gasteiger partial charge in [0.1, 0.15) is 6.26 Å². The van der Waals surface area contributed by atoms with E-state index in [2.05, 4.69) is 4.98 Å². The quantitative estimate of drug-likeness (QED) is 0.898. The third-order valence-corrected chi connectivity index (χ3v) is 2.66. The molecule has 1 aromatic heterocycles. The van der Waals surface area contributed by atoms with Gasteiger partial charge in [0.2, 0.25) is 0 Å². The number of benzene rings is 1. The summed E-state index contributed by atoms with van der Waals surface area (Å²) in [7, 11) is 0. The number of nitrogens with zero attached hydrogens (tertiary/aromatic N) is 2. The van der Waals surface area contributed by atoms with E-state index in [9.17, 15) is 4.79 Å². The highest BCUT2D eigenvalue weighted by Crippen LogP contribution is 2.27. The molecule has 1 heterocycles. The summed E-state index contributed by atoms with van der Waals surface area (Å²) in [4.78, 5) is 16.6. The smallest absolute Gasteiger partial charge is 0.357 e. The van der Waals surface area contributed by atoms with Gasteiger partial charge in [-0.15, -0.1) is 0 Å². The van der Waals surface area contributed by atoms with Crippen LogP contribution in [0.4, 0.5) is 11.7 Å². The van der Waals surface area contributed by atoms with Gasteiger partial charge in [-0.1, -0.05) is 18.2 Å². The molecule has 0 unspecified atom stereocenters. The number of carboxylic acid groups (broad SMARTS) is 1. The number of aromatic nitrogens is 1. The molecule has 94 valence electrons. The van der Waals surface area contributed by atoms with Gasteiger partial charge in [-0.05, 0) is 25.5 Å². The molecule has 0 saturated heterocycles. The van der Waals surface area contributed by atoms with Crippen molar-refractivity contribution in [3.8, 4) is 0 Å². The van der Waals surface area contributed by atoms with Gasteiger partial charge >= 0.3 is 12.0 Å². The lowest BCUT2D eigenvalue weighted by Gasteiger charge is -2.20. The van der Waals surface area contributed by atoms with E-state index < -0.39 is 5.97 Å². The van der Waals surface area contributed by atoms with Crippen molar-refractivity contribution in [2.45, 2.75) is 13.8 Å². The fourth-order valence-electron chi connectivity index (χ4n) is 1.76. The molecule has 0 radical (unpaired) electrons. The Kier molecular flexibility index (Phi) is 3.32. The fourth-order valence-corrected chi connectivity index (χ4v) is 1.76. The standard InChI is InChI=1S/C13H14N2O3/c1-3-15(11-7-5-4-6-9(11)2)13-14-10(8-18-13)12(16)17/h4-8H,3H2,1-2H3,(H,16,17). The zero-order chi connectivity index (χ0) is 13.1. The van der Waals surface area contributed by atoms with Crippen LogP contribution in [0.15, 0.2) is 34.9 Å². The first kappa shape index (κ1) is 12.2. The van der Waals surface area contributed by atoms with Crippen molar-refractivity contribution >= 4 is 17.7 Å². The number of carbonyl (C=O) groups is 1. The topological polar surface area (TPSA) is 66.6 Å². The highest BCUT2D eigenvalue weighted by Gasteiger charge is 2.17. The number of hydrogen-bond donors (Lipinski definition) is 1. The molecule has 0 spiro atoms. The average Bonchev–Trinajstić information content (AvgIpc) is 2.82. The van der Waals surface area contributed by atoms with Crippen LogP contribution < -0.4 is 4.90 Å². The zero-order valence-corrected chi connectivity index (χ0v) is 10.3. The number of oxazole rings is 1. The van der Waals surface area contributed by atoms with Crippen LogP contribution in [0.1, 0.15) is 23.0 Å². The summed E-state index contributed by atoms with van der Waals surface area (Å²) in [6.07, 6.45) is 1.15. The lowest BCUT2D eigenvalue weighted by atomic mass is 10.2. The molecule has 0 aliphatic carbocycles. The Labute approximate surface area is 105 Å². The first-order valence-electron chi connectivity index (χ1n) is 5.65. The molecule has 1 N–H and O–H groups in total. The molecule has 0 amide bonds. The Morgan fingerprint density at radius 3 is 2.72 bits per heavy atom. The van der Waals surface area contributed by atoms with Crippen LogP contribution >= 0.6 is 0 Å². The largest absolute Gasteiger partial charge is 0.476 e. The monoisotopic (exact) mass is 246 g/mol. The van der Waals surface area contributed by atoms with Crippen LogP contribution in [0.5, 0.6) is 0 Å². The van der Waals surface area contributed by atoms with Crippen molar-refractivity contribution in [1.29, 1.82) is 0 Å². The molecule has 0 bridgehead atoms. The summed E-state index contributed by atoms with van der Waals surface area (Å²) in [5.41, 5.74) is 1.95. The summed E-state index contributed by atoms with van der Waals surface area (Å²) < 4.78 is 5.22. The van der Waals surface area contributed by atoms with E-state index in [-0.39, 0.29) is 5.69 Å². The third-order valence-electron chi connectivity index (χ3n) is 2.66. The van der Waals surface area contributed by atoms with Crippen LogP contribution in [0.3, 0.4) is 0 Å². The van der Waals surface area contributed by atoms with Crippen molar-refractivity contribution in [3.05, 3.63) is 41.8 Å². The van der Waals surface area contributed by atoms with E-state index in [4.69, 9.17) is 9.52 Å². The number of anilines is 2. The van der Waals surface area contributed by atoms with Gasteiger partial charge in [-0.2, -0.15) is 4.98 Å². The summed E-state index contributed by atoms with van der Waals surface area (Å²) in [6, 6.07) is 8.10. The Bertz CT molecular complexity index is 563. The fraction of sp³-hybridized carbons (Fsp3) is 0.231. The normalized spacial score (nSPS) is 10.3. The summed E-state index contributed by atoms with van der Waals surface area (Å²) in [5.74, 6) is -1.09. The first-order valence-corrected chi connectivity index (χ1v) is 5.65. The van der Waals surface area contributed by atoms with E-state index in [1.165, 1.54) is 0 Å². The maximum Gasteiger partial charge on any atom is 0.357 e. The second-order valence-electron chi connectivity index (χ2n) is 3.85. The van der Waals surface area contributed by atoms with Gasteiger partial charge in [0.25, 0.3) is 0 Å². The molecule has 0 fully saturated rings. The van der Waals surface area contributed by atoms with Gasteiger partial charge in [0.15, 0.2) is 5.69 Å². The van der Waals surface area contributed by atoms with E-state index in [0.29, 0.717) is 12.6 Å². The van der Waals surface area contributed by atoms with Gasteiger partial charge in [-0.3, -0.25) is 4.90 Å². The Balaban J connectivity index is 2.39. The number of para-hydroxylation sites is 1. The molecular formula is C13H14N2O3. The minimum atomic E-state index is -1.09. The lowest BCUT2D eigenvalue weighted by molar-refractivity contribution is 0.0690. The SMILES string of the molecule is CCN(c1nc(C(=O)O)co1)c1ccccc1C. The number of carboxylic acids is 1. The van der Waals surface area contributed by atoms with Gasteiger partial charge in [-0.25, -0.2) is 4.79 Å². The molecule has 18 heavy (non-hydrogen) atoms. The second kappa shape index (κ2) is 4.91. The van der Waals surface area contributed by atoms with Crippen molar-refractivity contribution < 1.29 is 14.3 Å². The Morgan fingerprint density at radius 1 is 1.44 bits per heavy atom. The van der Waals surface area contributed by atoms with Crippen LogP contribution in [0.2, 0.25) is 0 Å².